The highest BCUT2D eigenvalue weighted by atomic mass is 16.2. The summed E-state index contributed by atoms with van der Waals surface area (Å²) in [5, 5.41) is 10.2. The van der Waals surface area contributed by atoms with Crippen LogP contribution in [0.15, 0.2) is 73.3 Å². The molecule has 40 heavy (non-hydrogen) atoms. The van der Waals surface area contributed by atoms with Crippen molar-refractivity contribution in [3.05, 3.63) is 85.0 Å². The van der Waals surface area contributed by atoms with Crippen molar-refractivity contribution < 1.29 is 9.59 Å². The lowest BCUT2D eigenvalue weighted by Gasteiger charge is -2.17. The standard InChI is InChI=1S/C32H36N6O2/c1-3-5-15-37-17-13-33-28(37)21-30(39)35-27-12-11-25-19-23-9-7-8-10-24(23)20-26(25)32(27)36-31(40)22-29-34-14-18-38(29)16-6-4-2/h7-14,17-20H,3-6,15-16,21-22H2,1-2H3,(H,35,39)(H,36,40). The van der Waals surface area contributed by atoms with Gasteiger partial charge in [0, 0.05) is 43.3 Å². The first-order chi connectivity index (χ1) is 19.6. The summed E-state index contributed by atoms with van der Waals surface area (Å²) in [6, 6.07) is 16.1. The topological polar surface area (TPSA) is 93.8 Å². The molecule has 0 atom stereocenters. The average Bonchev–Trinajstić information content (AvgIpc) is 3.59. The minimum atomic E-state index is -0.185. The van der Waals surface area contributed by atoms with E-state index in [1.807, 2.05) is 51.9 Å². The lowest BCUT2D eigenvalue weighted by Crippen LogP contribution is -2.21. The summed E-state index contributed by atoms with van der Waals surface area (Å²) in [6.45, 7) is 5.94. The molecule has 5 aromatic rings. The van der Waals surface area contributed by atoms with Crippen LogP contribution in [0.3, 0.4) is 0 Å². The van der Waals surface area contributed by atoms with E-state index >= 15 is 0 Å². The normalized spacial score (nSPS) is 11.2. The Hall–Kier alpha value is -4.46. The number of carbonyl (C=O) groups is 2. The predicted molar refractivity (Wildman–Crippen MR) is 160 cm³/mol. The van der Waals surface area contributed by atoms with Gasteiger partial charge in [-0.05, 0) is 47.2 Å². The van der Waals surface area contributed by atoms with Gasteiger partial charge < -0.3 is 19.8 Å². The van der Waals surface area contributed by atoms with E-state index in [9.17, 15) is 9.59 Å². The molecule has 2 amide bonds. The highest BCUT2D eigenvalue weighted by Gasteiger charge is 2.17. The Bertz CT molecular complexity index is 1630. The van der Waals surface area contributed by atoms with Crippen LogP contribution in [-0.2, 0) is 35.5 Å². The van der Waals surface area contributed by atoms with E-state index in [4.69, 9.17) is 0 Å². The van der Waals surface area contributed by atoms with Crippen LogP contribution in [0.2, 0.25) is 0 Å². The van der Waals surface area contributed by atoms with Crippen LogP contribution in [0.5, 0.6) is 0 Å². The van der Waals surface area contributed by atoms with Crippen molar-refractivity contribution in [1.82, 2.24) is 19.1 Å². The number of hydrogen-bond acceptors (Lipinski definition) is 4. The van der Waals surface area contributed by atoms with E-state index in [0.717, 1.165) is 72.0 Å². The molecular weight excluding hydrogens is 500 g/mol. The Balaban J connectivity index is 1.44. The molecule has 0 unspecified atom stereocenters. The number of aryl methyl sites for hydroxylation is 2. The van der Waals surface area contributed by atoms with Crippen LogP contribution in [0.1, 0.15) is 51.2 Å². The van der Waals surface area contributed by atoms with E-state index in [-0.39, 0.29) is 24.7 Å². The Morgan fingerprint density at radius 1 is 0.725 bits per heavy atom. The van der Waals surface area contributed by atoms with Crippen molar-refractivity contribution in [2.24, 2.45) is 0 Å². The number of amides is 2. The predicted octanol–water partition coefficient (Wildman–Crippen LogP) is 6.35. The van der Waals surface area contributed by atoms with Gasteiger partial charge in [0.2, 0.25) is 11.8 Å². The largest absolute Gasteiger partial charge is 0.335 e. The number of fused-ring (bicyclic) bond motifs is 2. The maximum absolute atomic E-state index is 13.4. The van der Waals surface area contributed by atoms with Crippen LogP contribution in [-0.4, -0.2) is 30.9 Å². The minimum absolute atomic E-state index is 0.142. The molecule has 0 saturated heterocycles. The third-order valence-corrected chi connectivity index (χ3v) is 7.17. The van der Waals surface area contributed by atoms with E-state index in [1.54, 1.807) is 12.4 Å². The van der Waals surface area contributed by atoms with Crippen molar-refractivity contribution >= 4 is 44.7 Å². The van der Waals surface area contributed by atoms with E-state index in [0.29, 0.717) is 11.4 Å². The van der Waals surface area contributed by atoms with Crippen molar-refractivity contribution in [2.75, 3.05) is 10.6 Å². The summed E-state index contributed by atoms with van der Waals surface area (Å²) < 4.78 is 4.06. The maximum atomic E-state index is 13.4. The van der Waals surface area contributed by atoms with Crippen molar-refractivity contribution in [2.45, 2.75) is 65.5 Å². The quantitative estimate of drug-likeness (QED) is 0.182. The van der Waals surface area contributed by atoms with Gasteiger partial charge in [-0.25, -0.2) is 9.97 Å². The van der Waals surface area contributed by atoms with Gasteiger partial charge in [0.15, 0.2) is 0 Å². The molecular formula is C32H36N6O2. The number of anilines is 2. The lowest BCUT2D eigenvalue weighted by molar-refractivity contribution is -0.116. The van der Waals surface area contributed by atoms with Gasteiger partial charge in [-0.2, -0.15) is 0 Å². The minimum Gasteiger partial charge on any atom is -0.335 e. The number of carbonyl (C=O) groups excluding carboxylic acids is 2. The zero-order chi connectivity index (χ0) is 27.9. The summed E-state index contributed by atoms with van der Waals surface area (Å²) in [7, 11) is 0. The Labute approximate surface area is 234 Å². The second kappa shape index (κ2) is 12.6. The number of benzene rings is 3. The average molecular weight is 537 g/mol. The summed E-state index contributed by atoms with van der Waals surface area (Å²) in [4.78, 5) is 35.4. The summed E-state index contributed by atoms with van der Waals surface area (Å²) in [5.74, 6) is 1.08. The monoisotopic (exact) mass is 536 g/mol. The summed E-state index contributed by atoms with van der Waals surface area (Å²) in [5.41, 5.74) is 1.14. The lowest BCUT2D eigenvalue weighted by atomic mass is 10.0. The van der Waals surface area contributed by atoms with Gasteiger partial charge in [0.05, 0.1) is 24.2 Å². The van der Waals surface area contributed by atoms with Gasteiger partial charge in [0.1, 0.15) is 11.6 Å². The molecule has 0 saturated carbocycles. The van der Waals surface area contributed by atoms with Crippen LogP contribution in [0.4, 0.5) is 11.4 Å². The van der Waals surface area contributed by atoms with Crippen molar-refractivity contribution in [3.8, 4) is 0 Å². The number of nitrogens with one attached hydrogen (secondary N) is 2. The van der Waals surface area contributed by atoms with Crippen molar-refractivity contribution in [1.29, 1.82) is 0 Å². The molecule has 5 rings (SSSR count). The van der Waals surface area contributed by atoms with Gasteiger partial charge in [0.25, 0.3) is 0 Å². The Morgan fingerprint density at radius 2 is 1.30 bits per heavy atom. The molecule has 0 aliphatic heterocycles. The number of imidazole rings is 2. The number of aromatic nitrogens is 4. The zero-order valence-corrected chi connectivity index (χ0v) is 23.2. The molecule has 0 aliphatic carbocycles. The molecule has 0 fully saturated rings. The fourth-order valence-corrected chi connectivity index (χ4v) is 5.00. The van der Waals surface area contributed by atoms with Crippen LogP contribution in [0, 0.1) is 0 Å². The zero-order valence-electron chi connectivity index (χ0n) is 23.2. The third kappa shape index (κ3) is 6.22. The van der Waals surface area contributed by atoms with Crippen LogP contribution < -0.4 is 10.6 Å². The molecule has 2 N–H and O–H groups in total. The first-order valence-electron chi connectivity index (χ1n) is 14.1. The molecule has 8 heteroatoms. The Kier molecular flexibility index (Phi) is 8.54. The van der Waals surface area contributed by atoms with Crippen LogP contribution >= 0.6 is 0 Å². The van der Waals surface area contributed by atoms with E-state index in [1.165, 1.54) is 0 Å². The molecule has 2 aromatic heterocycles. The SMILES string of the molecule is CCCCn1ccnc1CC(=O)Nc1ccc2cc3ccccc3cc2c1NC(=O)Cc1nccn1CCCC. The first kappa shape index (κ1) is 27.1. The van der Waals surface area contributed by atoms with E-state index in [2.05, 4.69) is 52.6 Å². The smallest absolute Gasteiger partial charge is 0.232 e. The molecule has 206 valence electrons. The molecule has 3 aromatic carbocycles. The van der Waals surface area contributed by atoms with Gasteiger partial charge >= 0.3 is 0 Å². The summed E-state index contributed by atoms with van der Waals surface area (Å²) in [6.07, 6.45) is 11.8. The van der Waals surface area contributed by atoms with Gasteiger partial charge in [-0.1, -0.05) is 57.0 Å². The highest BCUT2D eigenvalue weighted by Crippen LogP contribution is 2.34. The second-order valence-electron chi connectivity index (χ2n) is 10.1. The molecule has 0 spiro atoms. The second-order valence-corrected chi connectivity index (χ2v) is 10.1. The highest BCUT2D eigenvalue weighted by molar-refractivity contribution is 6.13. The fraction of sp³-hybridized carbons (Fsp3) is 0.312. The number of rotatable bonds is 12. The number of hydrogen-bond donors (Lipinski definition) is 2. The molecule has 0 aliphatic rings. The maximum Gasteiger partial charge on any atom is 0.232 e. The molecule has 8 nitrogen and oxygen atoms in total. The first-order valence-corrected chi connectivity index (χ1v) is 14.1. The van der Waals surface area contributed by atoms with E-state index < -0.39 is 0 Å². The van der Waals surface area contributed by atoms with Crippen LogP contribution in [0.25, 0.3) is 21.5 Å². The molecule has 0 radical (unpaired) electrons. The molecule has 0 bridgehead atoms. The fourth-order valence-electron chi connectivity index (χ4n) is 5.00. The van der Waals surface area contributed by atoms with Gasteiger partial charge in [-0.3, -0.25) is 9.59 Å². The number of nitrogens with zero attached hydrogens (tertiary/aromatic N) is 4. The van der Waals surface area contributed by atoms with Gasteiger partial charge in [-0.15, -0.1) is 0 Å². The Morgan fingerprint density at radius 3 is 1.90 bits per heavy atom. The number of unbranched alkanes of at least 4 members (excludes halogenated alkanes) is 2. The summed E-state index contributed by atoms with van der Waals surface area (Å²) >= 11 is 0. The van der Waals surface area contributed by atoms with Crippen molar-refractivity contribution in [3.63, 3.8) is 0 Å². The third-order valence-electron chi connectivity index (χ3n) is 7.17. The molecule has 2 heterocycles.